The van der Waals surface area contributed by atoms with E-state index in [1.165, 1.54) is 0 Å². The van der Waals surface area contributed by atoms with Crippen LogP contribution >= 0.6 is 0 Å². The molecule has 0 aliphatic rings. The molecular weight excluding hydrogens is 248 g/mol. The second-order valence-corrected chi connectivity index (χ2v) is 3.90. The molecule has 19 heavy (non-hydrogen) atoms. The monoisotopic (exact) mass is 268 g/mol. The molecule has 0 fully saturated rings. The zero-order valence-electron chi connectivity index (χ0n) is 10.8. The van der Waals surface area contributed by atoms with Gasteiger partial charge < -0.3 is 25.6 Å². The maximum Gasteiger partial charge on any atom is 0.257 e. The van der Waals surface area contributed by atoms with Crippen molar-refractivity contribution in [3.63, 3.8) is 0 Å². The maximum atomic E-state index is 11.4. The maximum absolute atomic E-state index is 11.4. The third-order valence-corrected chi connectivity index (χ3v) is 2.25. The molecule has 0 saturated carbocycles. The molecule has 1 rings (SSSR count). The first-order valence-electron chi connectivity index (χ1n) is 6.16. The van der Waals surface area contributed by atoms with Crippen molar-refractivity contribution >= 4 is 11.6 Å². The Hall–Kier alpha value is -1.79. The molecule has 0 heterocycles. The Labute approximate surface area is 112 Å². The van der Waals surface area contributed by atoms with E-state index in [0.29, 0.717) is 37.6 Å². The van der Waals surface area contributed by atoms with E-state index >= 15 is 0 Å². The van der Waals surface area contributed by atoms with Gasteiger partial charge in [0.2, 0.25) is 0 Å². The highest BCUT2D eigenvalue weighted by Crippen LogP contribution is 2.13. The molecule has 1 aromatic carbocycles. The minimum Gasteiger partial charge on any atom is -0.484 e. The van der Waals surface area contributed by atoms with Gasteiger partial charge in [-0.05, 0) is 18.6 Å². The number of carbonyl (C=O) groups excluding carboxylic acids is 1. The number of hydrogen-bond donors (Lipinski definition) is 3. The van der Waals surface area contributed by atoms with Crippen LogP contribution in [0.1, 0.15) is 6.42 Å². The Morgan fingerprint density at radius 3 is 2.95 bits per heavy atom. The van der Waals surface area contributed by atoms with Gasteiger partial charge >= 0.3 is 0 Å². The fourth-order valence-corrected chi connectivity index (χ4v) is 1.37. The molecule has 0 unspecified atom stereocenters. The first kappa shape index (κ1) is 15.3. The van der Waals surface area contributed by atoms with Crippen LogP contribution in [0.2, 0.25) is 0 Å². The highest BCUT2D eigenvalue weighted by Gasteiger charge is 2.02. The van der Waals surface area contributed by atoms with Gasteiger partial charge in [0.05, 0.1) is 13.2 Å². The van der Waals surface area contributed by atoms with Gasteiger partial charge in [0.15, 0.2) is 6.61 Å². The Morgan fingerprint density at radius 2 is 2.21 bits per heavy atom. The van der Waals surface area contributed by atoms with E-state index in [9.17, 15) is 4.79 Å². The number of aliphatic hydroxyl groups is 1. The molecule has 0 saturated heterocycles. The van der Waals surface area contributed by atoms with Gasteiger partial charge in [0.1, 0.15) is 5.75 Å². The molecule has 0 bridgehead atoms. The van der Waals surface area contributed by atoms with Crippen LogP contribution in [0.4, 0.5) is 5.69 Å². The molecule has 4 N–H and O–H groups in total. The van der Waals surface area contributed by atoms with Crippen LogP contribution in [0, 0.1) is 0 Å². The first-order valence-corrected chi connectivity index (χ1v) is 6.16. The summed E-state index contributed by atoms with van der Waals surface area (Å²) < 4.78 is 10.3. The largest absolute Gasteiger partial charge is 0.484 e. The number of amides is 1. The second kappa shape index (κ2) is 9.18. The van der Waals surface area contributed by atoms with Crippen molar-refractivity contribution in [3.05, 3.63) is 24.3 Å². The lowest BCUT2D eigenvalue weighted by molar-refractivity contribution is -0.123. The third kappa shape index (κ3) is 7.28. The van der Waals surface area contributed by atoms with Crippen molar-refractivity contribution < 1.29 is 19.4 Å². The summed E-state index contributed by atoms with van der Waals surface area (Å²) in [5.41, 5.74) is 6.19. The van der Waals surface area contributed by atoms with E-state index in [1.807, 2.05) is 0 Å². The van der Waals surface area contributed by atoms with Gasteiger partial charge in [-0.3, -0.25) is 4.79 Å². The summed E-state index contributed by atoms with van der Waals surface area (Å²) >= 11 is 0. The molecule has 0 radical (unpaired) electrons. The highest BCUT2D eigenvalue weighted by molar-refractivity contribution is 5.77. The van der Waals surface area contributed by atoms with Crippen molar-refractivity contribution in [2.45, 2.75) is 6.42 Å². The van der Waals surface area contributed by atoms with Crippen LogP contribution in [0.15, 0.2) is 24.3 Å². The fourth-order valence-electron chi connectivity index (χ4n) is 1.37. The summed E-state index contributed by atoms with van der Waals surface area (Å²) in [4.78, 5) is 11.4. The molecule has 0 spiro atoms. The Bertz CT molecular complexity index is 385. The number of aliphatic hydroxyl groups excluding tert-OH is 1. The summed E-state index contributed by atoms with van der Waals surface area (Å²) in [6.45, 7) is 1.33. The average Bonchev–Trinajstić information content (AvgIpc) is 2.40. The first-order chi connectivity index (χ1) is 9.22. The zero-order chi connectivity index (χ0) is 13.9. The van der Waals surface area contributed by atoms with Crippen LogP contribution in [-0.4, -0.2) is 44.0 Å². The molecule has 6 nitrogen and oxygen atoms in total. The van der Waals surface area contributed by atoms with Crippen molar-refractivity contribution in [2.75, 3.05) is 38.7 Å². The Balaban J connectivity index is 2.08. The number of nitrogens with two attached hydrogens (primary N) is 1. The molecule has 0 aromatic heterocycles. The summed E-state index contributed by atoms with van der Waals surface area (Å²) in [6, 6.07) is 6.92. The smallest absolute Gasteiger partial charge is 0.257 e. The molecule has 106 valence electrons. The summed E-state index contributed by atoms with van der Waals surface area (Å²) in [6.07, 6.45) is 0.698. The number of nitrogen functional groups attached to an aromatic ring is 1. The van der Waals surface area contributed by atoms with Crippen LogP contribution in [-0.2, 0) is 9.53 Å². The predicted octanol–water partition coefficient (Wildman–Crippen LogP) is 0.163. The van der Waals surface area contributed by atoms with E-state index in [4.69, 9.17) is 20.3 Å². The van der Waals surface area contributed by atoms with Crippen molar-refractivity contribution in [3.8, 4) is 5.75 Å². The van der Waals surface area contributed by atoms with Gasteiger partial charge in [0, 0.05) is 24.9 Å². The lowest BCUT2D eigenvalue weighted by atomic mass is 10.3. The minimum absolute atomic E-state index is 0.0143. The zero-order valence-corrected chi connectivity index (χ0v) is 10.8. The highest BCUT2D eigenvalue weighted by atomic mass is 16.5. The third-order valence-electron chi connectivity index (χ3n) is 2.25. The molecular formula is C13H20N2O4. The lowest BCUT2D eigenvalue weighted by Gasteiger charge is -2.08. The number of nitrogens with one attached hydrogen (secondary N) is 1. The van der Waals surface area contributed by atoms with E-state index in [2.05, 4.69) is 5.32 Å². The van der Waals surface area contributed by atoms with Crippen LogP contribution in [0.5, 0.6) is 5.75 Å². The van der Waals surface area contributed by atoms with Gasteiger partial charge in [-0.2, -0.15) is 0 Å². The predicted molar refractivity (Wildman–Crippen MR) is 71.9 cm³/mol. The Morgan fingerprint density at radius 1 is 1.37 bits per heavy atom. The van der Waals surface area contributed by atoms with E-state index in [-0.39, 0.29) is 19.1 Å². The van der Waals surface area contributed by atoms with Crippen molar-refractivity contribution in [2.24, 2.45) is 0 Å². The quantitative estimate of drug-likeness (QED) is 0.438. The summed E-state index contributed by atoms with van der Waals surface area (Å²) in [5, 5.41) is 11.2. The average molecular weight is 268 g/mol. The normalized spacial score (nSPS) is 10.2. The van der Waals surface area contributed by atoms with Gasteiger partial charge in [-0.25, -0.2) is 0 Å². The number of anilines is 1. The lowest BCUT2D eigenvalue weighted by Crippen LogP contribution is -2.30. The minimum atomic E-state index is -0.190. The second-order valence-electron chi connectivity index (χ2n) is 3.90. The van der Waals surface area contributed by atoms with Crippen LogP contribution in [0.25, 0.3) is 0 Å². The Kier molecular flexibility index (Phi) is 7.38. The topological polar surface area (TPSA) is 93.8 Å². The van der Waals surface area contributed by atoms with Crippen molar-refractivity contribution in [1.82, 2.24) is 5.32 Å². The van der Waals surface area contributed by atoms with E-state index in [1.54, 1.807) is 24.3 Å². The molecule has 0 atom stereocenters. The van der Waals surface area contributed by atoms with Crippen molar-refractivity contribution in [1.29, 1.82) is 0 Å². The molecule has 0 aliphatic heterocycles. The number of carbonyl (C=O) groups is 1. The number of ether oxygens (including phenoxy) is 2. The molecule has 1 aromatic rings. The molecule has 1 amide bonds. The van der Waals surface area contributed by atoms with E-state index < -0.39 is 0 Å². The van der Waals surface area contributed by atoms with E-state index in [0.717, 1.165) is 0 Å². The molecule has 6 heteroatoms. The summed E-state index contributed by atoms with van der Waals surface area (Å²) in [7, 11) is 0. The van der Waals surface area contributed by atoms with Gasteiger partial charge in [0.25, 0.3) is 5.91 Å². The van der Waals surface area contributed by atoms with Gasteiger partial charge in [-0.1, -0.05) is 6.07 Å². The standard InChI is InChI=1S/C13H20N2O4/c14-11-3-1-4-12(9-11)19-10-13(17)15-5-2-7-18-8-6-16/h1,3-4,9,16H,2,5-8,10,14H2,(H,15,17). The van der Waals surface area contributed by atoms with Crippen LogP contribution < -0.4 is 15.8 Å². The van der Waals surface area contributed by atoms with Crippen LogP contribution in [0.3, 0.4) is 0 Å². The SMILES string of the molecule is Nc1cccc(OCC(=O)NCCCOCCO)c1. The molecule has 0 aliphatic carbocycles. The summed E-state index contributed by atoms with van der Waals surface area (Å²) in [5.74, 6) is 0.381. The fraction of sp³-hybridized carbons (Fsp3) is 0.462. The van der Waals surface area contributed by atoms with Gasteiger partial charge in [-0.15, -0.1) is 0 Å². The number of benzene rings is 1. The number of rotatable bonds is 9. The number of hydrogen-bond acceptors (Lipinski definition) is 5.